The van der Waals surface area contributed by atoms with Crippen molar-refractivity contribution in [3.8, 4) is 0 Å². The van der Waals surface area contributed by atoms with Crippen molar-refractivity contribution in [1.29, 1.82) is 0 Å². The van der Waals surface area contributed by atoms with Crippen molar-refractivity contribution < 1.29 is 19.6 Å². The molecule has 1 aromatic heterocycles. The van der Waals surface area contributed by atoms with Crippen LogP contribution in [0.25, 0.3) is 0 Å². The molecule has 3 aliphatic heterocycles. The molecule has 2 atom stereocenters. The van der Waals surface area contributed by atoms with Gasteiger partial charge in [0.05, 0.1) is 12.1 Å². The van der Waals surface area contributed by atoms with Crippen LogP contribution in [0.3, 0.4) is 0 Å². The number of anilines is 1. The first-order valence-electron chi connectivity index (χ1n) is 7.83. The first-order valence-corrected chi connectivity index (χ1v) is 7.83. The summed E-state index contributed by atoms with van der Waals surface area (Å²) in [5, 5.41) is 18.2. The predicted octanol–water partition coefficient (Wildman–Crippen LogP) is -0.0406. The quantitative estimate of drug-likeness (QED) is 0.744. The largest absolute Gasteiger partial charge is 0.490 e. The number of amides is 1. The zero-order valence-corrected chi connectivity index (χ0v) is 13.6. The van der Waals surface area contributed by atoms with E-state index in [1.165, 1.54) is 6.20 Å². The van der Waals surface area contributed by atoms with Crippen LogP contribution >= 0.6 is 0 Å². The summed E-state index contributed by atoms with van der Waals surface area (Å²) < 4.78 is 5.46. The molecule has 124 valence electrons. The average Bonchev–Trinajstić information content (AvgIpc) is 2.45. The summed E-state index contributed by atoms with van der Waals surface area (Å²) >= 11 is 0. The lowest BCUT2D eigenvalue weighted by molar-refractivity contribution is -0.0380. The van der Waals surface area contributed by atoms with Gasteiger partial charge in [-0.15, -0.1) is 0 Å². The Bertz CT molecular complexity index is 575. The number of ether oxygens (including phenoxy) is 1. The van der Waals surface area contributed by atoms with E-state index >= 15 is 0 Å². The summed E-state index contributed by atoms with van der Waals surface area (Å²) in [5.41, 5.74) is -0.116. The van der Waals surface area contributed by atoms with Crippen molar-refractivity contribution in [3.63, 3.8) is 0 Å². The van der Waals surface area contributed by atoms with Gasteiger partial charge in [0.15, 0.2) is 0 Å². The van der Waals surface area contributed by atoms with Crippen molar-refractivity contribution in [2.24, 2.45) is 0 Å². The number of piperidine rings is 1. The van der Waals surface area contributed by atoms with E-state index in [0.29, 0.717) is 18.6 Å². The Hall–Kier alpha value is -1.80. The third-order valence-corrected chi connectivity index (χ3v) is 4.19. The molecular weight excluding hydrogens is 297 g/mol. The molecule has 0 saturated carbocycles. The average molecular weight is 319 g/mol. The lowest BCUT2D eigenvalue weighted by Crippen LogP contribution is -2.70. The molecule has 7 nitrogen and oxygen atoms in total. The molecule has 1 amide bonds. The van der Waals surface area contributed by atoms with E-state index in [2.05, 4.69) is 9.88 Å². The van der Waals surface area contributed by atoms with E-state index in [1.807, 2.05) is 25.7 Å². The molecule has 3 aliphatic rings. The van der Waals surface area contributed by atoms with Crippen LogP contribution in [0.4, 0.5) is 10.6 Å². The van der Waals surface area contributed by atoms with Gasteiger partial charge in [-0.1, -0.05) is 6.07 Å². The topological polar surface area (TPSA) is 86.1 Å². The highest BCUT2D eigenvalue weighted by molar-refractivity contribution is 6.58. The number of fused-ring (bicyclic) bond motifs is 2. The molecular formula is C15H22BN3O4. The van der Waals surface area contributed by atoms with Gasteiger partial charge in [-0.3, -0.25) is 4.90 Å². The highest BCUT2D eigenvalue weighted by Gasteiger charge is 2.49. The van der Waals surface area contributed by atoms with Gasteiger partial charge in [-0.25, -0.2) is 9.78 Å². The fourth-order valence-electron chi connectivity index (χ4n) is 3.15. The summed E-state index contributed by atoms with van der Waals surface area (Å²) in [6.45, 7) is 7.03. The highest BCUT2D eigenvalue weighted by atomic mass is 16.6. The molecule has 2 bridgehead atoms. The number of piperazine rings is 1. The summed E-state index contributed by atoms with van der Waals surface area (Å²) in [6.07, 6.45) is 2.21. The number of nitrogens with zero attached hydrogens (tertiary/aromatic N) is 3. The highest BCUT2D eigenvalue weighted by Crippen LogP contribution is 2.35. The molecule has 0 aromatic carbocycles. The smallest absolute Gasteiger partial charge is 0.444 e. The zero-order valence-electron chi connectivity index (χ0n) is 13.6. The Labute approximate surface area is 136 Å². The molecule has 3 saturated heterocycles. The van der Waals surface area contributed by atoms with E-state index in [9.17, 15) is 4.79 Å². The minimum Gasteiger partial charge on any atom is -0.444 e. The minimum atomic E-state index is -1.51. The third-order valence-electron chi connectivity index (χ3n) is 4.19. The molecule has 23 heavy (non-hydrogen) atoms. The van der Waals surface area contributed by atoms with Gasteiger partial charge in [0.25, 0.3) is 0 Å². The first-order chi connectivity index (χ1) is 10.7. The molecule has 0 aliphatic carbocycles. The number of rotatable bonds is 2. The van der Waals surface area contributed by atoms with Crippen LogP contribution in [-0.4, -0.2) is 63.9 Å². The number of carbonyl (C=O) groups is 1. The van der Waals surface area contributed by atoms with Gasteiger partial charge in [0.1, 0.15) is 11.4 Å². The van der Waals surface area contributed by atoms with Crippen molar-refractivity contribution in [2.45, 2.75) is 44.9 Å². The number of hydrogen-bond acceptors (Lipinski definition) is 6. The Morgan fingerprint density at radius 3 is 2.43 bits per heavy atom. The molecule has 4 heterocycles. The maximum atomic E-state index is 12.2. The normalized spacial score (nSPS) is 23.3. The summed E-state index contributed by atoms with van der Waals surface area (Å²) in [5.74, 6) is 0.785. The fraction of sp³-hybridized carbons (Fsp3) is 0.600. The van der Waals surface area contributed by atoms with Crippen LogP contribution < -0.4 is 10.4 Å². The lowest BCUT2D eigenvalue weighted by atomic mass is 9.82. The minimum absolute atomic E-state index is 0.147. The van der Waals surface area contributed by atoms with Gasteiger partial charge in [-0.2, -0.15) is 0 Å². The van der Waals surface area contributed by atoms with Gasteiger partial charge < -0.3 is 19.7 Å². The Morgan fingerprint density at radius 2 is 1.96 bits per heavy atom. The van der Waals surface area contributed by atoms with E-state index in [0.717, 1.165) is 12.2 Å². The number of carbonyl (C=O) groups excluding carboxylic acids is 1. The van der Waals surface area contributed by atoms with Crippen molar-refractivity contribution in [1.82, 2.24) is 9.88 Å². The lowest BCUT2D eigenvalue weighted by Gasteiger charge is -2.56. The second kappa shape index (κ2) is 5.69. The second-order valence-corrected chi connectivity index (χ2v) is 7.16. The van der Waals surface area contributed by atoms with Gasteiger partial charge in [-0.05, 0) is 33.3 Å². The third kappa shape index (κ3) is 3.28. The van der Waals surface area contributed by atoms with Crippen LogP contribution in [-0.2, 0) is 4.74 Å². The molecule has 3 fully saturated rings. The number of aromatic nitrogens is 1. The van der Waals surface area contributed by atoms with Crippen LogP contribution in [0.5, 0.6) is 0 Å². The van der Waals surface area contributed by atoms with Crippen LogP contribution in [0.2, 0.25) is 0 Å². The van der Waals surface area contributed by atoms with Gasteiger partial charge in [0, 0.05) is 24.7 Å². The standard InChI is InChI=1S/C15H22BN3O4/c1-15(2,3)23-14(20)19-11-6-12(19)9-18(8-11)13-5-4-10(7-17-13)16(21)22/h4-5,7,11-12,21-22H,6,8-9H2,1-3H3. The summed E-state index contributed by atoms with van der Waals surface area (Å²) in [7, 11) is -1.51. The predicted molar refractivity (Wildman–Crippen MR) is 86.5 cm³/mol. The first kappa shape index (κ1) is 16.1. The zero-order chi connectivity index (χ0) is 16.8. The Balaban J connectivity index is 1.63. The maximum absolute atomic E-state index is 12.2. The summed E-state index contributed by atoms with van der Waals surface area (Å²) in [4.78, 5) is 20.5. The van der Waals surface area contributed by atoms with Crippen LogP contribution in [0.15, 0.2) is 18.3 Å². The maximum Gasteiger partial charge on any atom is 0.490 e. The van der Waals surface area contributed by atoms with E-state index in [-0.39, 0.29) is 18.2 Å². The molecule has 0 radical (unpaired) electrons. The number of hydrogen-bond donors (Lipinski definition) is 2. The summed E-state index contributed by atoms with van der Waals surface area (Å²) in [6, 6.07) is 3.72. The molecule has 2 N–H and O–H groups in total. The fourth-order valence-corrected chi connectivity index (χ4v) is 3.15. The van der Waals surface area contributed by atoms with E-state index in [1.54, 1.807) is 12.1 Å². The van der Waals surface area contributed by atoms with Crippen LogP contribution in [0, 0.1) is 0 Å². The molecule has 8 heteroatoms. The van der Waals surface area contributed by atoms with Crippen LogP contribution in [0.1, 0.15) is 27.2 Å². The van der Waals surface area contributed by atoms with Gasteiger partial charge in [0.2, 0.25) is 0 Å². The van der Waals surface area contributed by atoms with E-state index in [4.69, 9.17) is 14.8 Å². The SMILES string of the molecule is CC(C)(C)OC(=O)N1C2CC1CN(c1ccc(B(O)O)cn1)C2. The monoisotopic (exact) mass is 319 g/mol. The molecule has 2 unspecified atom stereocenters. The molecule has 0 spiro atoms. The van der Waals surface area contributed by atoms with E-state index < -0.39 is 12.7 Å². The molecule has 4 rings (SSSR count). The van der Waals surface area contributed by atoms with Gasteiger partial charge >= 0.3 is 13.2 Å². The van der Waals surface area contributed by atoms with Crippen molar-refractivity contribution >= 4 is 24.5 Å². The Morgan fingerprint density at radius 1 is 1.30 bits per heavy atom. The van der Waals surface area contributed by atoms with Crippen molar-refractivity contribution in [3.05, 3.63) is 18.3 Å². The van der Waals surface area contributed by atoms with Crippen molar-refractivity contribution in [2.75, 3.05) is 18.0 Å². The number of pyridine rings is 1. The Kier molecular flexibility index (Phi) is 3.97. The second-order valence-electron chi connectivity index (χ2n) is 7.16. The molecule has 1 aromatic rings.